The minimum Gasteiger partial charge on any atom is -0.507 e. The van der Waals surface area contributed by atoms with Crippen LogP contribution in [0, 0.1) is 27.7 Å². The Labute approximate surface area is 128 Å². The maximum atomic E-state index is 10.4. The first-order chi connectivity index (χ1) is 9.25. The largest absolute Gasteiger partial charge is 0.507 e. The first kappa shape index (κ1) is 15.0. The second-order valence-electron chi connectivity index (χ2n) is 5.03. The topological polar surface area (TPSA) is 40.5 Å². The van der Waals surface area contributed by atoms with Gasteiger partial charge < -0.3 is 10.2 Å². The van der Waals surface area contributed by atoms with E-state index in [2.05, 4.69) is 0 Å². The zero-order valence-corrected chi connectivity index (χ0v) is 13.3. The molecular formula is C16H16Cl2O2. The van der Waals surface area contributed by atoms with Gasteiger partial charge in [-0.15, -0.1) is 0 Å². The summed E-state index contributed by atoms with van der Waals surface area (Å²) in [6, 6.07) is 3.23. The number of phenolic OH excluding ortho intramolecular Hbond substituents is 2. The second kappa shape index (κ2) is 5.19. The van der Waals surface area contributed by atoms with E-state index < -0.39 is 0 Å². The standard InChI is InChI=1S/C16H16Cl2O2/c1-7-5-11(17)6-12(19)13(7)14-8(2)9(3)15(18)10(4)16(14)20/h5-6,19-20H,1-4H3. The molecule has 2 aromatic rings. The molecule has 0 aliphatic carbocycles. The number of aryl methyl sites for hydroxylation is 1. The molecule has 2 N–H and O–H groups in total. The molecule has 2 aromatic carbocycles. The number of halogens is 2. The highest BCUT2D eigenvalue weighted by molar-refractivity contribution is 6.32. The number of hydrogen-bond acceptors (Lipinski definition) is 2. The Balaban J connectivity index is 2.91. The maximum Gasteiger partial charge on any atom is 0.128 e. The van der Waals surface area contributed by atoms with Crippen molar-refractivity contribution in [2.24, 2.45) is 0 Å². The molecular weight excluding hydrogens is 295 g/mol. The molecule has 0 unspecified atom stereocenters. The molecule has 0 heterocycles. The second-order valence-corrected chi connectivity index (χ2v) is 5.84. The van der Waals surface area contributed by atoms with Crippen LogP contribution >= 0.6 is 23.2 Å². The predicted molar refractivity (Wildman–Crippen MR) is 84.2 cm³/mol. The molecule has 106 valence electrons. The zero-order valence-electron chi connectivity index (χ0n) is 11.8. The van der Waals surface area contributed by atoms with E-state index in [9.17, 15) is 10.2 Å². The van der Waals surface area contributed by atoms with Crippen LogP contribution in [0.2, 0.25) is 10.0 Å². The van der Waals surface area contributed by atoms with Crippen molar-refractivity contribution >= 4 is 23.2 Å². The van der Waals surface area contributed by atoms with E-state index in [0.29, 0.717) is 26.7 Å². The fraction of sp³-hybridized carbons (Fsp3) is 0.250. The molecule has 0 spiro atoms. The molecule has 0 amide bonds. The van der Waals surface area contributed by atoms with E-state index in [1.165, 1.54) is 6.07 Å². The Kier molecular flexibility index (Phi) is 3.90. The quantitative estimate of drug-likeness (QED) is 0.749. The Morgan fingerprint density at radius 1 is 0.800 bits per heavy atom. The van der Waals surface area contributed by atoms with Crippen LogP contribution in [0.25, 0.3) is 11.1 Å². The molecule has 0 saturated carbocycles. The minimum absolute atomic E-state index is 0.0505. The molecule has 0 bridgehead atoms. The van der Waals surface area contributed by atoms with Crippen molar-refractivity contribution in [1.82, 2.24) is 0 Å². The van der Waals surface area contributed by atoms with Gasteiger partial charge in [0, 0.05) is 21.7 Å². The summed E-state index contributed by atoms with van der Waals surface area (Å²) in [5, 5.41) is 21.6. The number of aromatic hydroxyl groups is 2. The smallest absolute Gasteiger partial charge is 0.128 e. The molecule has 0 aliphatic heterocycles. The van der Waals surface area contributed by atoms with Gasteiger partial charge in [-0.2, -0.15) is 0 Å². The monoisotopic (exact) mass is 310 g/mol. The van der Waals surface area contributed by atoms with E-state index in [1.54, 1.807) is 13.0 Å². The van der Waals surface area contributed by atoms with Gasteiger partial charge in [0.15, 0.2) is 0 Å². The normalized spacial score (nSPS) is 10.9. The van der Waals surface area contributed by atoms with E-state index in [1.807, 2.05) is 20.8 Å². The summed E-state index contributed by atoms with van der Waals surface area (Å²) < 4.78 is 0. The Morgan fingerprint density at radius 3 is 1.95 bits per heavy atom. The Bertz CT molecular complexity index is 654. The molecule has 0 saturated heterocycles. The summed E-state index contributed by atoms with van der Waals surface area (Å²) in [4.78, 5) is 0. The van der Waals surface area contributed by atoms with Crippen LogP contribution in [0.4, 0.5) is 0 Å². The van der Waals surface area contributed by atoms with Gasteiger partial charge in [0.1, 0.15) is 11.5 Å². The van der Waals surface area contributed by atoms with Crippen LogP contribution in [0.15, 0.2) is 12.1 Å². The van der Waals surface area contributed by atoms with Crippen molar-refractivity contribution in [2.75, 3.05) is 0 Å². The Morgan fingerprint density at radius 2 is 1.40 bits per heavy atom. The lowest BCUT2D eigenvalue weighted by atomic mass is 9.90. The predicted octanol–water partition coefficient (Wildman–Crippen LogP) is 5.31. The number of phenols is 2. The first-order valence-electron chi connectivity index (χ1n) is 6.23. The lowest BCUT2D eigenvalue weighted by Gasteiger charge is -2.18. The van der Waals surface area contributed by atoms with E-state index in [-0.39, 0.29) is 11.5 Å². The summed E-state index contributed by atoms with van der Waals surface area (Å²) in [5.74, 6) is 0.147. The number of rotatable bonds is 1. The van der Waals surface area contributed by atoms with Crippen molar-refractivity contribution in [3.8, 4) is 22.6 Å². The number of benzene rings is 2. The lowest BCUT2D eigenvalue weighted by Crippen LogP contribution is -1.96. The number of hydrogen-bond donors (Lipinski definition) is 2. The van der Waals surface area contributed by atoms with Crippen molar-refractivity contribution in [2.45, 2.75) is 27.7 Å². The molecule has 4 heteroatoms. The van der Waals surface area contributed by atoms with E-state index in [0.717, 1.165) is 16.7 Å². The average Bonchev–Trinajstić information content (AvgIpc) is 2.37. The maximum absolute atomic E-state index is 10.4. The minimum atomic E-state index is 0.0505. The van der Waals surface area contributed by atoms with Crippen LogP contribution in [0.5, 0.6) is 11.5 Å². The van der Waals surface area contributed by atoms with Gasteiger partial charge in [-0.25, -0.2) is 0 Å². The molecule has 20 heavy (non-hydrogen) atoms. The van der Waals surface area contributed by atoms with Gasteiger partial charge in [0.05, 0.1) is 5.02 Å². The third-order valence-electron chi connectivity index (χ3n) is 3.72. The third kappa shape index (κ3) is 2.23. The highest BCUT2D eigenvalue weighted by Crippen LogP contribution is 2.46. The highest BCUT2D eigenvalue weighted by atomic mass is 35.5. The third-order valence-corrected chi connectivity index (χ3v) is 4.50. The van der Waals surface area contributed by atoms with Gasteiger partial charge in [0.25, 0.3) is 0 Å². The fourth-order valence-electron chi connectivity index (χ4n) is 2.46. The lowest BCUT2D eigenvalue weighted by molar-refractivity contribution is 0.466. The van der Waals surface area contributed by atoms with Crippen molar-refractivity contribution in [1.29, 1.82) is 0 Å². The van der Waals surface area contributed by atoms with Gasteiger partial charge >= 0.3 is 0 Å². The van der Waals surface area contributed by atoms with Crippen LogP contribution < -0.4 is 0 Å². The SMILES string of the molecule is Cc1cc(Cl)cc(O)c1-c1c(C)c(C)c(Cl)c(C)c1O. The summed E-state index contributed by atoms with van der Waals surface area (Å²) >= 11 is 12.1. The summed E-state index contributed by atoms with van der Waals surface area (Å²) in [5.41, 5.74) is 4.35. The van der Waals surface area contributed by atoms with Crippen LogP contribution in [-0.4, -0.2) is 10.2 Å². The zero-order chi connectivity index (χ0) is 15.2. The molecule has 0 atom stereocenters. The van der Waals surface area contributed by atoms with Crippen LogP contribution in [-0.2, 0) is 0 Å². The van der Waals surface area contributed by atoms with Crippen LogP contribution in [0.1, 0.15) is 22.3 Å². The average molecular weight is 311 g/mol. The van der Waals surface area contributed by atoms with Crippen molar-refractivity contribution < 1.29 is 10.2 Å². The molecule has 0 aromatic heterocycles. The van der Waals surface area contributed by atoms with E-state index in [4.69, 9.17) is 23.2 Å². The summed E-state index contributed by atoms with van der Waals surface area (Å²) in [6.45, 7) is 7.38. The highest BCUT2D eigenvalue weighted by Gasteiger charge is 2.21. The van der Waals surface area contributed by atoms with Crippen molar-refractivity contribution in [3.63, 3.8) is 0 Å². The molecule has 0 fully saturated rings. The fourth-order valence-corrected chi connectivity index (χ4v) is 2.96. The van der Waals surface area contributed by atoms with Crippen molar-refractivity contribution in [3.05, 3.63) is 44.4 Å². The van der Waals surface area contributed by atoms with Gasteiger partial charge in [-0.1, -0.05) is 23.2 Å². The molecule has 2 nitrogen and oxygen atoms in total. The molecule has 0 aliphatic rings. The van der Waals surface area contributed by atoms with E-state index >= 15 is 0 Å². The summed E-state index contributed by atoms with van der Waals surface area (Å²) in [6.07, 6.45) is 0. The first-order valence-corrected chi connectivity index (χ1v) is 6.99. The van der Waals surface area contributed by atoms with Gasteiger partial charge in [-0.3, -0.25) is 0 Å². The molecule has 2 rings (SSSR count). The van der Waals surface area contributed by atoms with Crippen LogP contribution in [0.3, 0.4) is 0 Å². The summed E-state index contributed by atoms with van der Waals surface area (Å²) in [7, 11) is 0. The van der Waals surface area contributed by atoms with Gasteiger partial charge in [-0.05, 0) is 56.5 Å². The molecule has 0 radical (unpaired) electrons. The van der Waals surface area contributed by atoms with Gasteiger partial charge in [0.2, 0.25) is 0 Å². The Hall–Kier alpha value is -1.38.